The average Bonchev–Trinajstić information content (AvgIpc) is 2.73. The van der Waals surface area contributed by atoms with Gasteiger partial charge in [0.25, 0.3) is 0 Å². The van der Waals surface area contributed by atoms with E-state index in [1.54, 1.807) is 0 Å². The van der Waals surface area contributed by atoms with Crippen molar-refractivity contribution in [2.75, 3.05) is 98.7 Å². The zero-order chi connectivity index (χ0) is 25.8. The van der Waals surface area contributed by atoms with Crippen molar-refractivity contribution in [1.29, 1.82) is 0 Å². The molecule has 0 aromatic heterocycles. The maximum absolute atomic E-state index is 11.7. The lowest BCUT2D eigenvalue weighted by molar-refractivity contribution is -0.870. The van der Waals surface area contributed by atoms with Crippen molar-refractivity contribution in [3.8, 4) is 0 Å². The van der Waals surface area contributed by atoms with Gasteiger partial charge < -0.3 is 32.1 Å². The van der Waals surface area contributed by atoms with Crippen molar-refractivity contribution in [1.82, 2.24) is 0 Å². The first-order valence-electron chi connectivity index (χ1n) is 12.2. The van der Waals surface area contributed by atoms with E-state index >= 15 is 0 Å². The van der Waals surface area contributed by atoms with Crippen LogP contribution in [0.4, 0.5) is 0 Å². The molecule has 1 N–H and O–H groups in total. The Hall–Kier alpha value is 0.437. The van der Waals surface area contributed by atoms with Gasteiger partial charge in [-0.05, 0) is 45.1 Å². The SMILES string of the molecule is CCO[Si](CCCSCCCOCCOCCOP(=O)(O)OCC[N+](C)(C)C)(OCC)OCC. The first-order chi connectivity index (χ1) is 16.1. The maximum Gasteiger partial charge on any atom is 0.500 e. The van der Waals surface area contributed by atoms with Crippen LogP contribution in [0.25, 0.3) is 0 Å². The molecule has 0 saturated heterocycles. The number of nitrogens with zero attached hydrogens (tertiary/aromatic N) is 1. The lowest BCUT2D eigenvalue weighted by atomic mass is 10.5. The third-order valence-electron chi connectivity index (χ3n) is 4.31. The molecule has 0 aromatic carbocycles. The van der Waals surface area contributed by atoms with Gasteiger partial charge in [-0.25, -0.2) is 4.57 Å². The highest BCUT2D eigenvalue weighted by Gasteiger charge is 2.39. The van der Waals surface area contributed by atoms with Crippen LogP contribution in [0.3, 0.4) is 0 Å². The Balaban J connectivity index is 3.61. The van der Waals surface area contributed by atoms with Gasteiger partial charge in [-0.2, -0.15) is 11.8 Å². The molecule has 0 aliphatic carbocycles. The highest BCUT2D eigenvalue weighted by Crippen LogP contribution is 2.42. The van der Waals surface area contributed by atoms with Crippen LogP contribution in [0.5, 0.6) is 0 Å². The predicted molar refractivity (Wildman–Crippen MR) is 138 cm³/mol. The summed E-state index contributed by atoms with van der Waals surface area (Å²) in [5.74, 6) is 2.07. The minimum Gasteiger partial charge on any atom is -0.379 e. The summed E-state index contributed by atoms with van der Waals surface area (Å²) in [6, 6.07) is 0.848. The Kier molecular flexibility index (Phi) is 20.8. The Labute approximate surface area is 212 Å². The molecule has 0 amide bonds. The largest absolute Gasteiger partial charge is 0.500 e. The van der Waals surface area contributed by atoms with Crippen LogP contribution in [0.2, 0.25) is 6.04 Å². The predicted octanol–water partition coefficient (Wildman–Crippen LogP) is 3.42. The van der Waals surface area contributed by atoms with Crippen LogP contribution in [0.1, 0.15) is 33.6 Å². The van der Waals surface area contributed by atoms with E-state index in [1.165, 1.54) is 0 Å². The van der Waals surface area contributed by atoms with Crippen molar-refractivity contribution >= 4 is 28.4 Å². The molecule has 206 valence electrons. The second kappa shape index (κ2) is 20.5. The average molecular weight is 551 g/mol. The number of phosphoric ester groups is 1. The summed E-state index contributed by atoms with van der Waals surface area (Å²) in [4.78, 5) is 9.61. The minimum atomic E-state index is -4.02. The molecule has 0 radical (unpaired) electrons. The zero-order valence-electron chi connectivity index (χ0n) is 22.1. The first kappa shape index (κ1) is 34.4. The second-order valence-electron chi connectivity index (χ2n) is 8.43. The molecule has 0 fully saturated rings. The molecule has 0 aromatic rings. The van der Waals surface area contributed by atoms with Gasteiger partial charge in [-0.15, -0.1) is 0 Å². The molecule has 0 aliphatic heterocycles. The molecule has 0 rings (SSSR count). The van der Waals surface area contributed by atoms with E-state index in [-0.39, 0.29) is 19.8 Å². The summed E-state index contributed by atoms with van der Waals surface area (Å²) in [6.07, 6.45) is 1.98. The molecule has 0 saturated carbocycles. The van der Waals surface area contributed by atoms with Gasteiger partial charge in [0.05, 0.1) is 47.6 Å². The van der Waals surface area contributed by atoms with Crippen molar-refractivity contribution in [3.05, 3.63) is 0 Å². The van der Waals surface area contributed by atoms with Crippen molar-refractivity contribution in [2.24, 2.45) is 0 Å². The first-order valence-corrected chi connectivity index (χ1v) is 16.8. The van der Waals surface area contributed by atoms with E-state index in [0.717, 1.165) is 30.4 Å². The van der Waals surface area contributed by atoms with E-state index in [9.17, 15) is 9.46 Å². The zero-order valence-corrected chi connectivity index (χ0v) is 24.8. The smallest absolute Gasteiger partial charge is 0.379 e. The molecule has 0 spiro atoms. The Morgan fingerprint density at radius 1 is 0.765 bits per heavy atom. The van der Waals surface area contributed by atoms with Gasteiger partial charge >= 0.3 is 16.6 Å². The van der Waals surface area contributed by atoms with Crippen molar-refractivity contribution in [2.45, 2.75) is 39.7 Å². The monoisotopic (exact) mass is 550 g/mol. The van der Waals surface area contributed by atoms with E-state index in [0.29, 0.717) is 50.7 Å². The van der Waals surface area contributed by atoms with Gasteiger partial charge in [-0.1, -0.05) is 0 Å². The molecule has 13 heteroatoms. The fraction of sp³-hybridized carbons (Fsp3) is 1.00. The van der Waals surface area contributed by atoms with Gasteiger partial charge in [-0.3, -0.25) is 9.05 Å². The fourth-order valence-corrected chi connectivity index (χ4v) is 7.19. The maximum atomic E-state index is 11.7. The van der Waals surface area contributed by atoms with Gasteiger partial charge in [0, 0.05) is 32.5 Å². The number of rotatable bonds is 25. The van der Waals surface area contributed by atoms with Gasteiger partial charge in [0.2, 0.25) is 0 Å². The van der Waals surface area contributed by atoms with E-state index in [4.69, 9.17) is 31.8 Å². The number of quaternary nitrogens is 1. The molecule has 1 unspecified atom stereocenters. The number of likely N-dealkylation sites (N-methyl/N-ethyl adjacent to an activating group) is 1. The van der Waals surface area contributed by atoms with Crippen LogP contribution >= 0.6 is 19.6 Å². The van der Waals surface area contributed by atoms with Crippen LogP contribution in [0.15, 0.2) is 0 Å². The molecule has 0 heterocycles. The quantitative estimate of drug-likeness (QED) is 0.0787. The second-order valence-corrected chi connectivity index (χ2v) is 13.8. The molecular weight excluding hydrogens is 501 g/mol. The summed E-state index contributed by atoms with van der Waals surface area (Å²) in [7, 11) is -0.612. The van der Waals surface area contributed by atoms with Crippen molar-refractivity contribution in [3.63, 3.8) is 0 Å². The number of ether oxygens (including phenoxy) is 2. The van der Waals surface area contributed by atoms with E-state index in [1.807, 2.05) is 53.7 Å². The van der Waals surface area contributed by atoms with Crippen LogP contribution in [-0.2, 0) is 36.4 Å². The number of hydrogen-bond acceptors (Lipinski definition) is 9. The summed E-state index contributed by atoms with van der Waals surface area (Å²) in [5.41, 5.74) is 0. The Morgan fingerprint density at radius 2 is 1.26 bits per heavy atom. The van der Waals surface area contributed by atoms with Crippen LogP contribution < -0.4 is 0 Å². The molecule has 34 heavy (non-hydrogen) atoms. The summed E-state index contributed by atoms with van der Waals surface area (Å²) in [5, 5.41) is 0. The van der Waals surface area contributed by atoms with Crippen LogP contribution in [0, 0.1) is 0 Å². The minimum absolute atomic E-state index is 0.00514. The van der Waals surface area contributed by atoms with E-state index < -0.39 is 16.6 Å². The Morgan fingerprint density at radius 3 is 1.82 bits per heavy atom. The van der Waals surface area contributed by atoms with Crippen LogP contribution in [-0.4, -0.2) is 117 Å². The molecule has 1 atom stereocenters. The topological polar surface area (TPSA) is 102 Å². The van der Waals surface area contributed by atoms with Gasteiger partial charge in [0.15, 0.2) is 0 Å². The Bertz CT molecular complexity index is 512. The fourth-order valence-electron chi connectivity index (χ4n) is 2.76. The lowest BCUT2D eigenvalue weighted by Gasteiger charge is -2.28. The molecule has 0 aliphatic rings. The summed E-state index contributed by atoms with van der Waals surface area (Å²) >= 11 is 1.90. The normalized spacial score (nSPS) is 14.4. The lowest BCUT2D eigenvalue weighted by Crippen LogP contribution is -2.46. The molecule has 10 nitrogen and oxygen atoms in total. The number of thioether (sulfide) groups is 1. The highest BCUT2D eigenvalue weighted by atomic mass is 32.2. The third kappa shape index (κ3) is 20.6. The highest BCUT2D eigenvalue weighted by molar-refractivity contribution is 7.99. The van der Waals surface area contributed by atoms with Gasteiger partial charge in [0.1, 0.15) is 13.2 Å². The number of phosphoric acid groups is 1. The standard InChI is InChI=1S/C21H48NO9PSSi/c1-7-29-34(30-8-2,31-9-3)21-11-20-33-19-10-13-25-15-16-26-17-18-28-32(23,24)27-14-12-22(4,5)6/h7-21H2,1-6H3/p+1. The number of hydrogen-bond donors (Lipinski definition) is 1. The molecule has 0 bridgehead atoms. The van der Waals surface area contributed by atoms with E-state index in [2.05, 4.69) is 0 Å². The molecular formula is C21H49NO9PSSi+. The third-order valence-corrected chi connectivity index (χ3v) is 9.64. The summed E-state index contributed by atoms with van der Waals surface area (Å²) in [6.45, 7) is 10.3. The van der Waals surface area contributed by atoms with Crippen molar-refractivity contribution < 1.29 is 45.7 Å². The summed E-state index contributed by atoms with van der Waals surface area (Å²) < 4.78 is 50.7.